The van der Waals surface area contributed by atoms with Gasteiger partial charge in [0, 0.05) is 36.7 Å². The third-order valence-corrected chi connectivity index (χ3v) is 5.26. The minimum absolute atomic E-state index is 0.207. The number of anilines is 2. The Labute approximate surface area is 188 Å². The number of hydrogen-bond donors (Lipinski definition) is 4. The van der Waals surface area contributed by atoms with Gasteiger partial charge in [0.05, 0.1) is 12.6 Å². The molecular formula is C22H32ClN5O3. The summed E-state index contributed by atoms with van der Waals surface area (Å²) in [4.78, 5) is 9.57. The zero-order valence-electron chi connectivity index (χ0n) is 18.2. The average Bonchev–Trinajstić information content (AvgIpc) is 3.28. The van der Waals surface area contributed by atoms with Crippen molar-refractivity contribution < 1.29 is 14.6 Å². The summed E-state index contributed by atoms with van der Waals surface area (Å²) in [5.41, 5.74) is 1.81. The lowest BCUT2D eigenvalue weighted by atomic mass is 10.1. The highest BCUT2D eigenvalue weighted by molar-refractivity contribution is 6.17. The van der Waals surface area contributed by atoms with Crippen LogP contribution in [0.1, 0.15) is 18.4 Å². The number of hydrogen-bond acceptors (Lipinski definition) is 8. The molecule has 1 aliphatic rings. The van der Waals surface area contributed by atoms with Gasteiger partial charge in [-0.05, 0) is 38.9 Å². The largest absolute Gasteiger partial charge is 0.491 e. The van der Waals surface area contributed by atoms with Crippen molar-refractivity contribution in [3.8, 4) is 17.1 Å². The number of likely N-dealkylation sites (N-methyl/N-ethyl adjacent to an activating group) is 1. The van der Waals surface area contributed by atoms with Gasteiger partial charge < -0.3 is 30.5 Å². The first-order valence-corrected chi connectivity index (χ1v) is 11.2. The normalized spacial score (nSPS) is 16.8. The van der Waals surface area contributed by atoms with Crippen molar-refractivity contribution in [3.63, 3.8) is 0 Å². The molecule has 9 heteroatoms. The van der Waals surface area contributed by atoms with Crippen LogP contribution in [-0.2, 0) is 4.74 Å². The highest BCUT2D eigenvalue weighted by atomic mass is 35.5. The number of halogens is 1. The van der Waals surface area contributed by atoms with Crippen molar-refractivity contribution in [1.82, 2.24) is 15.3 Å². The fourth-order valence-electron chi connectivity index (χ4n) is 3.29. The molecule has 0 saturated carbocycles. The standard InChI is InChI=1S/C22H32ClN5O3/c1-15-20(25-9-4-8-23)27-22(28-21(15)26-17-7-10-30-13-17)16-5-3-6-19(11-16)31-14-18(29)12-24-2/h3,5-6,11,17-18,24,29H,4,7-10,12-14H2,1-2H3,(H2,25,26,27,28)/t17-,18?/m1/s1. The van der Waals surface area contributed by atoms with E-state index in [-0.39, 0.29) is 12.6 Å². The number of aliphatic hydroxyl groups excluding tert-OH is 1. The number of aromatic nitrogens is 2. The molecule has 2 aromatic rings. The number of ether oxygens (including phenoxy) is 2. The number of nitrogens with zero attached hydrogens (tertiary/aromatic N) is 2. The molecule has 1 fully saturated rings. The maximum absolute atomic E-state index is 9.89. The van der Waals surface area contributed by atoms with E-state index < -0.39 is 6.10 Å². The molecule has 2 atom stereocenters. The molecule has 3 rings (SSSR count). The molecule has 1 aromatic carbocycles. The van der Waals surface area contributed by atoms with Crippen molar-refractivity contribution in [3.05, 3.63) is 29.8 Å². The zero-order valence-corrected chi connectivity index (χ0v) is 18.9. The number of benzene rings is 1. The minimum Gasteiger partial charge on any atom is -0.491 e. The Balaban J connectivity index is 1.84. The lowest BCUT2D eigenvalue weighted by molar-refractivity contribution is 0.108. The van der Waals surface area contributed by atoms with Gasteiger partial charge in [0.15, 0.2) is 5.82 Å². The predicted octanol–water partition coefficient (Wildman–Crippen LogP) is 2.65. The first-order valence-electron chi connectivity index (χ1n) is 10.7. The molecule has 1 aliphatic heterocycles. The van der Waals surface area contributed by atoms with E-state index in [1.807, 2.05) is 31.2 Å². The molecular weight excluding hydrogens is 418 g/mol. The molecule has 0 bridgehead atoms. The fraction of sp³-hybridized carbons (Fsp3) is 0.545. The second-order valence-electron chi connectivity index (χ2n) is 7.59. The van der Waals surface area contributed by atoms with Crippen LogP contribution < -0.4 is 20.7 Å². The lowest BCUT2D eigenvalue weighted by Crippen LogP contribution is -2.29. The Morgan fingerprint density at radius 1 is 1.32 bits per heavy atom. The highest BCUT2D eigenvalue weighted by Crippen LogP contribution is 2.28. The topological polar surface area (TPSA) is 101 Å². The van der Waals surface area contributed by atoms with Crippen LogP contribution in [0.15, 0.2) is 24.3 Å². The van der Waals surface area contributed by atoms with Crippen molar-refractivity contribution in [2.75, 3.05) is 56.5 Å². The van der Waals surface area contributed by atoms with Crippen LogP contribution in [0.4, 0.5) is 11.6 Å². The summed E-state index contributed by atoms with van der Waals surface area (Å²) in [6, 6.07) is 7.84. The average molecular weight is 450 g/mol. The van der Waals surface area contributed by atoms with Crippen LogP contribution in [0.25, 0.3) is 11.4 Å². The molecule has 0 radical (unpaired) electrons. The molecule has 1 aromatic heterocycles. The second-order valence-corrected chi connectivity index (χ2v) is 7.97. The van der Waals surface area contributed by atoms with E-state index >= 15 is 0 Å². The van der Waals surface area contributed by atoms with Crippen LogP contribution in [-0.4, -0.2) is 73.1 Å². The highest BCUT2D eigenvalue weighted by Gasteiger charge is 2.19. The molecule has 4 N–H and O–H groups in total. The molecule has 2 heterocycles. The minimum atomic E-state index is -0.577. The first kappa shape index (κ1) is 23.5. The van der Waals surface area contributed by atoms with Crippen molar-refractivity contribution >= 4 is 23.2 Å². The van der Waals surface area contributed by atoms with Gasteiger partial charge in [-0.3, -0.25) is 0 Å². The summed E-state index contributed by atoms with van der Waals surface area (Å²) < 4.78 is 11.2. The van der Waals surface area contributed by atoms with Gasteiger partial charge in [-0.15, -0.1) is 11.6 Å². The van der Waals surface area contributed by atoms with Crippen molar-refractivity contribution in [1.29, 1.82) is 0 Å². The quantitative estimate of drug-likeness (QED) is 0.290. The first-order chi connectivity index (χ1) is 15.1. The molecule has 31 heavy (non-hydrogen) atoms. The fourth-order valence-corrected chi connectivity index (χ4v) is 3.42. The zero-order chi connectivity index (χ0) is 22.1. The third-order valence-electron chi connectivity index (χ3n) is 4.99. The van der Waals surface area contributed by atoms with Crippen LogP contribution in [0.3, 0.4) is 0 Å². The van der Waals surface area contributed by atoms with Crippen LogP contribution >= 0.6 is 11.6 Å². The Morgan fingerprint density at radius 2 is 2.16 bits per heavy atom. The number of aliphatic hydroxyl groups is 1. The van der Waals surface area contributed by atoms with E-state index in [9.17, 15) is 5.11 Å². The van der Waals surface area contributed by atoms with Gasteiger partial charge >= 0.3 is 0 Å². The van der Waals surface area contributed by atoms with Crippen LogP contribution in [0.2, 0.25) is 0 Å². The molecule has 1 saturated heterocycles. The lowest BCUT2D eigenvalue weighted by Gasteiger charge is -2.18. The molecule has 0 spiro atoms. The summed E-state index contributed by atoms with van der Waals surface area (Å²) in [6.45, 7) is 4.85. The molecule has 170 valence electrons. The summed E-state index contributed by atoms with van der Waals surface area (Å²) in [5.74, 6) is 3.43. The summed E-state index contributed by atoms with van der Waals surface area (Å²) >= 11 is 5.83. The van der Waals surface area contributed by atoms with E-state index in [2.05, 4.69) is 16.0 Å². The van der Waals surface area contributed by atoms with Crippen LogP contribution in [0, 0.1) is 6.92 Å². The van der Waals surface area contributed by atoms with E-state index in [0.717, 1.165) is 48.8 Å². The Bertz CT molecular complexity index is 833. The third kappa shape index (κ3) is 6.93. The van der Waals surface area contributed by atoms with Crippen LogP contribution in [0.5, 0.6) is 5.75 Å². The van der Waals surface area contributed by atoms with E-state index in [1.54, 1.807) is 7.05 Å². The maximum Gasteiger partial charge on any atom is 0.164 e. The smallest absolute Gasteiger partial charge is 0.164 e. The van der Waals surface area contributed by atoms with Crippen molar-refractivity contribution in [2.45, 2.75) is 31.9 Å². The molecule has 0 aliphatic carbocycles. The molecule has 1 unspecified atom stereocenters. The van der Waals surface area contributed by atoms with Gasteiger partial charge in [-0.25, -0.2) is 9.97 Å². The number of nitrogens with one attached hydrogen (secondary N) is 3. The van der Waals surface area contributed by atoms with Crippen molar-refractivity contribution in [2.24, 2.45) is 0 Å². The Kier molecular flexibility index (Phi) is 9.14. The maximum atomic E-state index is 9.89. The SMILES string of the molecule is CNCC(O)COc1cccc(-c2nc(NCCCCl)c(C)c(N[C@@H]3CCOC3)n2)c1. The van der Waals surface area contributed by atoms with Gasteiger partial charge in [0.1, 0.15) is 30.1 Å². The summed E-state index contributed by atoms with van der Waals surface area (Å²) in [6.07, 6.45) is 1.22. The van der Waals surface area contributed by atoms with Gasteiger partial charge in [0.25, 0.3) is 0 Å². The summed E-state index contributed by atoms with van der Waals surface area (Å²) in [7, 11) is 1.79. The molecule has 0 amide bonds. The monoisotopic (exact) mass is 449 g/mol. The number of alkyl halides is 1. The van der Waals surface area contributed by atoms with Gasteiger partial charge in [-0.2, -0.15) is 0 Å². The number of rotatable bonds is 12. The van der Waals surface area contributed by atoms with E-state index in [1.165, 1.54) is 0 Å². The van der Waals surface area contributed by atoms with Gasteiger partial charge in [-0.1, -0.05) is 12.1 Å². The predicted molar refractivity (Wildman–Crippen MR) is 124 cm³/mol. The van der Waals surface area contributed by atoms with E-state index in [4.69, 9.17) is 31.0 Å². The molecule has 8 nitrogen and oxygen atoms in total. The summed E-state index contributed by atoms with van der Waals surface area (Å²) in [5, 5.41) is 19.7. The second kappa shape index (κ2) is 12.0. The van der Waals surface area contributed by atoms with Gasteiger partial charge in [0.2, 0.25) is 0 Å². The Hall–Kier alpha value is -2.13. The van der Waals surface area contributed by atoms with E-state index in [0.29, 0.717) is 30.6 Å². The Morgan fingerprint density at radius 3 is 2.90 bits per heavy atom.